The van der Waals surface area contributed by atoms with Gasteiger partial charge in [0.05, 0.1) is 17.1 Å². The van der Waals surface area contributed by atoms with Crippen LogP contribution in [0.3, 0.4) is 0 Å². The first-order chi connectivity index (χ1) is 14.5. The van der Waals surface area contributed by atoms with E-state index in [-0.39, 0.29) is 17.1 Å². The van der Waals surface area contributed by atoms with Crippen molar-refractivity contribution in [1.29, 1.82) is 5.26 Å². The van der Waals surface area contributed by atoms with Gasteiger partial charge in [0, 0.05) is 31.4 Å². The minimum atomic E-state index is -0.343. The minimum Gasteiger partial charge on any atom is -0.393 e. The van der Waals surface area contributed by atoms with Gasteiger partial charge in [0.25, 0.3) is 0 Å². The predicted octanol–water partition coefficient (Wildman–Crippen LogP) is 2.71. The molecule has 6 fully saturated rings. The van der Waals surface area contributed by atoms with Gasteiger partial charge in [-0.15, -0.1) is 0 Å². The molecule has 7 rings (SSSR count). The highest BCUT2D eigenvalue weighted by molar-refractivity contribution is 5.86. The van der Waals surface area contributed by atoms with Crippen molar-refractivity contribution < 1.29 is 9.90 Å². The van der Waals surface area contributed by atoms with Gasteiger partial charge in [-0.2, -0.15) is 5.26 Å². The number of nitriles is 1. The van der Waals surface area contributed by atoms with E-state index in [9.17, 15) is 15.2 Å². The van der Waals surface area contributed by atoms with E-state index in [0.29, 0.717) is 35.8 Å². The van der Waals surface area contributed by atoms with Gasteiger partial charge in [0.2, 0.25) is 5.91 Å². The van der Waals surface area contributed by atoms with Gasteiger partial charge in [-0.1, -0.05) is 0 Å². The van der Waals surface area contributed by atoms with E-state index in [0.717, 1.165) is 70.3 Å². The molecule has 6 nitrogen and oxygen atoms in total. The van der Waals surface area contributed by atoms with Crippen molar-refractivity contribution in [3.8, 4) is 6.07 Å². The van der Waals surface area contributed by atoms with E-state index < -0.39 is 0 Å². The van der Waals surface area contributed by atoms with Crippen molar-refractivity contribution in [3.05, 3.63) is 23.9 Å². The van der Waals surface area contributed by atoms with Gasteiger partial charge in [-0.25, -0.2) is 4.98 Å². The Bertz CT molecular complexity index is 910. The zero-order valence-electron chi connectivity index (χ0n) is 17.5. The fraction of sp³-hybridized carbons (Fsp3) is 0.708. The van der Waals surface area contributed by atoms with Crippen LogP contribution in [0, 0.1) is 34.5 Å². The molecule has 3 heterocycles. The van der Waals surface area contributed by atoms with Crippen molar-refractivity contribution in [3.63, 3.8) is 0 Å². The molecule has 2 unspecified atom stereocenters. The van der Waals surface area contributed by atoms with Gasteiger partial charge < -0.3 is 14.9 Å². The van der Waals surface area contributed by atoms with E-state index in [2.05, 4.69) is 20.9 Å². The molecule has 4 bridgehead atoms. The number of anilines is 1. The lowest BCUT2D eigenvalue weighted by Crippen LogP contribution is -2.65. The van der Waals surface area contributed by atoms with E-state index in [4.69, 9.17) is 0 Å². The summed E-state index contributed by atoms with van der Waals surface area (Å²) in [6.07, 6.45) is 9.80. The number of aliphatic hydroxyl groups is 1. The molecular formula is C24H30N4O2. The van der Waals surface area contributed by atoms with Gasteiger partial charge in [0.1, 0.15) is 11.9 Å². The number of aliphatic hydroxyl groups excluding tert-OH is 1. The molecule has 30 heavy (non-hydrogen) atoms. The van der Waals surface area contributed by atoms with Crippen LogP contribution in [-0.2, 0) is 4.79 Å². The van der Waals surface area contributed by atoms with Crippen molar-refractivity contribution in [2.45, 2.75) is 63.0 Å². The first-order valence-corrected chi connectivity index (χ1v) is 11.6. The second kappa shape index (κ2) is 6.43. The number of rotatable bonds is 2. The summed E-state index contributed by atoms with van der Waals surface area (Å²) in [5, 5.41) is 20.2. The number of hydrogen-bond donors (Lipinski definition) is 1. The number of carbonyl (C=O) groups excluding carboxylic acids is 1. The van der Waals surface area contributed by atoms with Crippen LogP contribution in [0.2, 0.25) is 0 Å². The highest BCUT2D eigenvalue weighted by Gasteiger charge is 2.62. The summed E-state index contributed by atoms with van der Waals surface area (Å²) in [6, 6.07) is 5.87. The molecule has 2 saturated heterocycles. The summed E-state index contributed by atoms with van der Waals surface area (Å²) in [7, 11) is 0. The molecule has 1 spiro atoms. The molecule has 3 atom stereocenters. The SMILES string of the molecule is N#Cc1cccnc1N1CCC[C@@]2(CCN(C34CC5CC(C3)C(O)C(C5)C4)C2=O)C1. The molecule has 6 aliphatic rings. The summed E-state index contributed by atoms with van der Waals surface area (Å²) in [5.74, 6) is 2.51. The van der Waals surface area contributed by atoms with Crippen molar-refractivity contribution in [2.75, 3.05) is 24.5 Å². The Morgan fingerprint density at radius 2 is 1.97 bits per heavy atom. The van der Waals surface area contributed by atoms with Crippen LogP contribution < -0.4 is 4.90 Å². The Morgan fingerprint density at radius 3 is 2.73 bits per heavy atom. The second-order valence-corrected chi connectivity index (χ2v) is 10.7. The average molecular weight is 407 g/mol. The summed E-state index contributed by atoms with van der Waals surface area (Å²) >= 11 is 0. The summed E-state index contributed by atoms with van der Waals surface area (Å²) in [4.78, 5) is 22.9. The zero-order chi connectivity index (χ0) is 20.5. The number of likely N-dealkylation sites (tertiary alicyclic amines) is 1. The van der Waals surface area contributed by atoms with E-state index >= 15 is 0 Å². The fourth-order valence-corrected chi connectivity index (χ4v) is 7.99. The Morgan fingerprint density at radius 1 is 1.17 bits per heavy atom. The molecule has 0 aromatic carbocycles. The molecule has 4 aliphatic carbocycles. The molecule has 1 aromatic rings. The first kappa shape index (κ1) is 18.6. The Labute approximate surface area is 177 Å². The quantitative estimate of drug-likeness (QED) is 0.817. The number of aromatic nitrogens is 1. The largest absolute Gasteiger partial charge is 0.393 e. The Hall–Kier alpha value is -2.13. The molecule has 1 aromatic heterocycles. The molecular weight excluding hydrogens is 376 g/mol. The lowest BCUT2D eigenvalue weighted by atomic mass is 9.51. The lowest BCUT2D eigenvalue weighted by Gasteiger charge is -2.61. The maximum absolute atomic E-state index is 14.0. The minimum absolute atomic E-state index is 0.0125. The van der Waals surface area contributed by atoms with Crippen molar-refractivity contribution >= 4 is 11.7 Å². The molecule has 1 amide bonds. The third kappa shape index (κ3) is 2.51. The van der Waals surface area contributed by atoms with Crippen molar-refractivity contribution in [1.82, 2.24) is 9.88 Å². The number of carbonyl (C=O) groups is 1. The van der Waals surface area contributed by atoms with E-state index in [1.165, 1.54) is 0 Å². The first-order valence-electron chi connectivity index (χ1n) is 11.6. The lowest BCUT2D eigenvalue weighted by molar-refractivity contribution is -0.167. The number of hydrogen-bond acceptors (Lipinski definition) is 5. The van der Waals surface area contributed by atoms with Crippen LogP contribution in [0.1, 0.15) is 56.9 Å². The predicted molar refractivity (Wildman–Crippen MR) is 111 cm³/mol. The number of amides is 1. The fourth-order valence-electron chi connectivity index (χ4n) is 7.99. The van der Waals surface area contributed by atoms with Crippen LogP contribution in [-0.4, -0.2) is 52.2 Å². The number of nitrogens with zero attached hydrogens (tertiary/aromatic N) is 4. The highest BCUT2D eigenvalue weighted by atomic mass is 16.3. The van der Waals surface area contributed by atoms with Crippen LogP contribution in [0.15, 0.2) is 18.3 Å². The monoisotopic (exact) mass is 406 g/mol. The number of pyridine rings is 1. The van der Waals surface area contributed by atoms with Gasteiger partial charge in [0.15, 0.2) is 0 Å². The summed E-state index contributed by atoms with van der Waals surface area (Å²) < 4.78 is 0. The molecule has 2 aliphatic heterocycles. The zero-order valence-corrected chi connectivity index (χ0v) is 17.5. The molecule has 6 heteroatoms. The highest BCUT2D eigenvalue weighted by Crippen LogP contribution is 2.59. The van der Waals surface area contributed by atoms with Gasteiger partial charge in [-0.05, 0) is 81.3 Å². The van der Waals surface area contributed by atoms with Crippen LogP contribution in [0.4, 0.5) is 5.82 Å². The molecule has 4 saturated carbocycles. The summed E-state index contributed by atoms with van der Waals surface area (Å²) in [5.41, 5.74) is 0.234. The maximum atomic E-state index is 14.0. The van der Waals surface area contributed by atoms with Crippen LogP contribution in [0.5, 0.6) is 0 Å². The average Bonchev–Trinajstić information content (AvgIpc) is 3.07. The third-order valence-corrected chi connectivity index (χ3v) is 9.06. The topological polar surface area (TPSA) is 80.5 Å². The van der Waals surface area contributed by atoms with Gasteiger partial charge in [-0.3, -0.25) is 4.79 Å². The second-order valence-electron chi connectivity index (χ2n) is 10.7. The maximum Gasteiger partial charge on any atom is 0.231 e. The Kier molecular flexibility index (Phi) is 3.99. The van der Waals surface area contributed by atoms with E-state index in [1.54, 1.807) is 12.3 Å². The molecule has 1 N–H and O–H groups in total. The van der Waals surface area contributed by atoms with Gasteiger partial charge >= 0.3 is 0 Å². The normalized spacial score (nSPS) is 42.2. The molecule has 158 valence electrons. The van der Waals surface area contributed by atoms with E-state index in [1.807, 2.05) is 6.07 Å². The standard InChI is InChI=1S/C24H30N4O2/c25-14-17-3-1-6-26-21(17)27-7-2-4-23(15-27)5-8-28(22(23)30)24-11-16-9-18(12-24)20(29)19(10-16)13-24/h1,3,6,16,18-20,29H,2,4-5,7-13,15H2/t16?,18?,19?,20?,23-,24?/m1/s1. The number of piperidine rings is 1. The molecule has 0 radical (unpaired) electrons. The van der Waals surface area contributed by atoms with Crippen LogP contribution >= 0.6 is 0 Å². The van der Waals surface area contributed by atoms with Crippen molar-refractivity contribution in [2.24, 2.45) is 23.2 Å². The smallest absolute Gasteiger partial charge is 0.231 e. The third-order valence-electron chi connectivity index (χ3n) is 9.06. The summed E-state index contributed by atoms with van der Waals surface area (Å²) in [6.45, 7) is 2.37. The Balaban J connectivity index is 1.27. The van der Waals surface area contributed by atoms with Crippen LogP contribution in [0.25, 0.3) is 0 Å².